The van der Waals surface area contributed by atoms with Gasteiger partial charge >= 0.3 is 0 Å². The fourth-order valence-corrected chi connectivity index (χ4v) is 1.54. The van der Waals surface area contributed by atoms with Gasteiger partial charge in [0.15, 0.2) is 0 Å². The van der Waals surface area contributed by atoms with E-state index >= 15 is 0 Å². The number of hydrogen-bond donors (Lipinski definition) is 0. The molecule has 74 valence electrons. The highest BCUT2D eigenvalue weighted by Crippen LogP contribution is 2.05. The minimum Gasteiger partial charge on any atom is -0.307 e. The molecule has 5 nitrogen and oxygen atoms in total. The molecule has 0 saturated carbocycles. The van der Waals surface area contributed by atoms with E-state index in [1.807, 2.05) is 35.0 Å². The average molecular weight is 199 g/mol. The SMILES string of the molecule is c1ccn2cc(Cn3cncn3)nc2c1. The average Bonchev–Trinajstić information content (AvgIpc) is 2.86. The van der Waals surface area contributed by atoms with Crippen molar-refractivity contribution in [2.24, 2.45) is 0 Å². The van der Waals surface area contributed by atoms with E-state index in [4.69, 9.17) is 0 Å². The van der Waals surface area contributed by atoms with E-state index in [-0.39, 0.29) is 0 Å². The monoisotopic (exact) mass is 199 g/mol. The molecule has 3 aromatic rings. The first-order valence-electron chi connectivity index (χ1n) is 4.67. The Bertz CT molecular complexity index is 533. The number of rotatable bonds is 2. The molecule has 0 spiro atoms. The van der Waals surface area contributed by atoms with Gasteiger partial charge in [0.25, 0.3) is 0 Å². The predicted molar refractivity (Wildman–Crippen MR) is 54.3 cm³/mol. The largest absolute Gasteiger partial charge is 0.307 e. The fourth-order valence-electron chi connectivity index (χ4n) is 1.54. The van der Waals surface area contributed by atoms with Gasteiger partial charge < -0.3 is 4.40 Å². The van der Waals surface area contributed by atoms with Crippen molar-refractivity contribution in [1.82, 2.24) is 24.1 Å². The molecule has 0 aliphatic carbocycles. The van der Waals surface area contributed by atoms with Crippen molar-refractivity contribution in [2.45, 2.75) is 6.54 Å². The van der Waals surface area contributed by atoms with Crippen LogP contribution in [0.3, 0.4) is 0 Å². The summed E-state index contributed by atoms with van der Waals surface area (Å²) >= 11 is 0. The number of hydrogen-bond acceptors (Lipinski definition) is 3. The minimum atomic E-state index is 0.654. The first-order chi connectivity index (χ1) is 7.42. The van der Waals surface area contributed by atoms with Gasteiger partial charge in [-0.05, 0) is 12.1 Å². The summed E-state index contributed by atoms with van der Waals surface area (Å²) in [6.45, 7) is 0.654. The lowest BCUT2D eigenvalue weighted by molar-refractivity contribution is 0.674. The summed E-state index contributed by atoms with van der Waals surface area (Å²) in [7, 11) is 0. The summed E-state index contributed by atoms with van der Waals surface area (Å²) in [5.74, 6) is 0. The summed E-state index contributed by atoms with van der Waals surface area (Å²) in [5, 5.41) is 4.04. The molecule has 0 aliphatic rings. The molecule has 0 unspecified atom stereocenters. The minimum absolute atomic E-state index is 0.654. The van der Waals surface area contributed by atoms with Crippen LogP contribution in [-0.4, -0.2) is 24.1 Å². The zero-order valence-corrected chi connectivity index (χ0v) is 7.98. The number of pyridine rings is 1. The van der Waals surface area contributed by atoms with Gasteiger partial charge in [0.1, 0.15) is 18.3 Å². The maximum Gasteiger partial charge on any atom is 0.137 e. The highest BCUT2D eigenvalue weighted by molar-refractivity contribution is 5.39. The molecular formula is C10H9N5. The van der Waals surface area contributed by atoms with E-state index in [1.54, 1.807) is 11.0 Å². The van der Waals surface area contributed by atoms with Crippen molar-refractivity contribution in [3.8, 4) is 0 Å². The summed E-state index contributed by atoms with van der Waals surface area (Å²) in [6, 6.07) is 5.93. The third kappa shape index (κ3) is 1.48. The van der Waals surface area contributed by atoms with Crippen LogP contribution in [0.1, 0.15) is 5.69 Å². The molecule has 0 amide bonds. The van der Waals surface area contributed by atoms with Gasteiger partial charge in [0, 0.05) is 12.4 Å². The van der Waals surface area contributed by atoms with Gasteiger partial charge in [-0.3, -0.25) is 0 Å². The second kappa shape index (κ2) is 3.20. The lowest BCUT2D eigenvalue weighted by Crippen LogP contribution is -1.99. The molecule has 0 aliphatic heterocycles. The molecule has 3 aromatic heterocycles. The zero-order chi connectivity index (χ0) is 10.1. The second-order valence-corrected chi connectivity index (χ2v) is 3.29. The first kappa shape index (κ1) is 8.16. The molecule has 15 heavy (non-hydrogen) atoms. The third-order valence-electron chi connectivity index (χ3n) is 2.20. The van der Waals surface area contributed by atoms with Crippen LogP contribution in [0.25, 0.3) is 5.65 Å². The van der Waals surface area contributed by atoms with Crippen LogP contribution in [-0.2, 0) is 6.54 Å². The molecule has 0 bridgehead atoms. The van der Waals surface area contributed by atoms with Crippen molar-refractivity contribution in [2.75, 3.05) is 0 Å². The van der Waals surface area contributed by atoms with Crippen molar-refractivity contribution in [3.05, 3.63) is 48.9 Å². The molecule has 0 fully saturated rings. The van der Waals surface area contributed by atoms with E-state index in [0.717, 1.165) is 11.3 Å². The van der Waals surface area contributed by atoms with E-state index in [1.165, 1.54) is 6.33 Å². The fraction of sp³-hybridized carbons (Fsp3) is 0.100. The smallest absolute Gasteiger partial charge is 0.137 e. The molecule has 3 heterocycles. The van der Waals surface area contributed by atoms with E-state index in [2.05, 4.69) is 15.1 Å². The summed E-state index contributed by atoms with van der Waals surface area (Å²) in [6.07, 6.45) is 7.18. The Morgan fingerprint density at radius 2 is 2.27 bits per heavy atom. The highest BCUT2D eigenvalue weighted by atomic mass is 15.3. The quantitative estimate of drug-likeness (QED) is 0.618. The van der Waals surface area contributed by atoms with Gasteiger partial charge in [0.2, 0.25) is 0 Å². The van der Waals surface area contributed by atoms with Gasteiger partial charge in [-0.2, -0.15) is 5.10 Å². The van der Waals surface area contributed by atoms with Crippen LogP contribution in [0, 0.1) is 0 Å². The Labute approximate surface area is 86.0 Å². The number of fused-ring (bicyclic) bond motifs is 1. The van der Waals surface area contributed by atoms with Crippen molar-refractivity contribution in [3.63, 3.8) is 0 Å². The highest BCUT2D eigenvalue weighted by Gasteiger charge is 2.01. The van der Waals surface area contributed by atoms with Crippen molar-refractivity contribution in [1.29, 1.82) is 0 Å². The molecule has 0 N–H and O–H groups in total. The lowest BCUT2D eigenvalue weighted by Gasteiger charge is -1.93. The van der Waals surface area contributed by atoms with Gasteiger partial charge in [-0.1, -0.05) is 6.07 Å². The molecule has 0 aromatic carbocycles. The Hall–Kier alpha value is -2.17. The second-order valence-electron chi connectivity index (χ2n) is 3.29. The number of nitrogens with zero attached hydrogens (tertiary/aromatic N) is 5. The van der Waals surface area contributed by atoms with Gasteiger partial charge in [-0.15, -0.1) is 0 Å². The van der Waals surface area contributed by atoms with E-state index in [9.17, 15) is 0 Å². The first-order valence-corrected chi connectivity index (χ1v) is 4.67. The molecule has 0 atom stereocenters. The normalized spacial score (nSPS) is 10.9. The Morgan fingerprint density at radius 1 is 1.27 bits per heavy atom. The third-order valence-corrected chi connectivity index (χ3v) is 2.20. The standard InChI is InChI=1S/C10H9N5/c1-2-4-14-5-9(13-10(14)3-1)6-15-8-11-7-12-15/h1-5,7-8H,6H2. The Morgan fingerprint density at radius 3 is 3.07 bits per heavy atom. The summed E-state index contributed by atoms with van der Waals surface area (Å²) in [5.41, 5.74) is 1.93. The number of aromatic nitrogens is 5. The van der Waals surface area contributed by atoms with Gasteiger partial charge in [0.05, 0.1) is 12.2 Å². The van der Waals surface area contributed by atoms with Crippen molar-refractivity contribution >= 4 is 5.65 Å². The van der Waals surface area contributed by atoms with Crippen molar-refractivity contribution < 1.29 is 0 Å². The zero-order valence-electron chi connectivity index (χ0n) is 7.98. The van der Waals surface area contributed by atoms with Crippen LogP contribution < -0.4 is 0 Å². The summed E-state index contributed by atoms with van der Waals surface area (Å²) < 4.78 is 3.74. The summed E-state index contributed by atoms with van der Waals surface area (Å²) in [4.78, 5) is 8.35. The maximum absolute atomic E-state index is 4.46. The predicted octanol–water partition coefficient (Wildman–Crippen LogP) is 0.974. The van der Waals surface area contributed by atoms with E-state index < -0.39 is 0 Å². The van der Waals surface area contributed by atoms with Crippen LogP contribution in [0.5, 0.6) is 0 Å². The van der Waals surface area contributed by atoms with Gasteiger partial charge in [-0.25, -0.2) is 14.6 Å². The van der Waals surface area contributed by atoms with E-state index in [0.29, 0.717) is 6.54 Å². The Balaban J connectivity index is 1.98. The molecular weight excluding hydrogens is 190 g/mol. The molecule has 0 radical (unpaired) electrons. The van der Waals surface area contributed by atoms with Crippen LogP contribution in [0.15, 0.2) is 43.2 Å². The molecule has 0 saturated heterocycles. The van der Waals surface area contributed by atoms with Crippen LogP contribution >= 0.6 is 0 Å². The lowest BCUT2D eigenvalue weighted by atomic mass is 10.5. The topological polar surface area (TPSA) is 48.0 Å². The number of imidazole rings is 1. The Kier molecular flexibility index (Phi) is 1.74. The molecule has 5 heteroatoms. The maximum atomic E-state index is 4.46. The molecule has 3 rings (SSSR count). The van der Waals surface area contributed by atoms with Crippen LogP contribution in [0.2, 0.25) is 0 Å². The van der Waals surface area contributed by atoms with Crippen LogP contribution in [0.4, 0.5) is 0 Å².